The molecule has 0 aliphatic rings. The monoisotopic (exact) mass is 401 g/mol. The predicted molar refractivity (Wildman–Crippen MR) is 118 cm³/mol. The Morgan fingerprint density at radius 2 is 1.66 bits per heavy atom. The smallest absolute Gasteiger partial charge is 0.270 e. The van der Waals surface area contributed by atoms with Crippen molar-refractivity contribution in [1.82, 2.24) is 0 Å². The SMILES string of the molecule is N=C(N)c1cc2c(OC(C(=O)Nc3ccccc3)c3ccccc3)cccc2s1. The van der Waals surface area contributed by atoms with Crippen LogP contribution in [0.2, 0.25) is 0 Å². The van der Waals surface area contributed by atoms with Gasteiger partial charge in [0.2, 0.25) is 6.10 Å². The van der Waals surface area contributed by atoms with Crippen molar-refractivity contribution in [1.29, 1.82) is 5.41 Å². The number of carbonyl (C=O) groups excluding carboxylic acids is 1. The molecule has 1 aromatic heterocycles. The number of anilines is 1. The molecule has 0 radical (unpaired) electrons. The summed E-state index contributed by atoms with van der Waals surface area (Å²) in [7, 11) is 0. The number of rotatable bonds is 6. The van der Waals surface area contributed by atoms with E-state index in [4.69, 9.17) is 15.9 Å². The van der Waals surface area contributed by atoms with E-state index >= 15 is 0 Å². The van der Waals surface area contributed by atoms with Gasteiger partial charge in [-0.2, -0.15) is 0 Å². The number of hydrogen-bond donors (Lipinski definition) is 3. The normalized spacial score (nSPS) is 11.7. The first-order chi connectivity index (χ1) is 14.1. The second kappa shape index (κ2) is 8.16. The molecule has 0 spiro atoms. The summed E-state index contributed by atoms with van der Waals surface area (Å²) in [6.45, 7) is 0. The van der Waals surface area contributed by atoms with E-state index in [0.29, 0.717) is 16.3 Å². The average molecular weight is 401 g/mol. The van der Waals surface area contributed by atoms with Crippen molar-refractivity contribution in [3.8, 4) is 5.75 Å². The molecule has 3 aromatic carbocycles. The Morgan fingerprint density at radius 3 is 2.34 bits per heavy atom. The van der Waals surface area contributed by atoms with Gasteiger partial charge in [0.25, 0.3) is 5.91 Å². The van der Waals surface area contributed by atoms with Crippen molar-refractivity contribution in [3.63, 3.8) is 0 Å². The zero-order chi connectivity index (χ0) is 20.2. The number of para-hydroxylation sites is 1. The Balaban J connectivity index is 1.70. The highest BCUT2D eigenvalue weighted by Crippen LogP contribution is 2.35. The highest BCUT2D eigenvalue weighted by Gasteiger charge is 2.24. The summed E-state index contributed by atoms with van der Waals surface area (Å²) in [5.74, 6) is 0.323. The van der Waals surface area contributed by atoms with Crippen molar-refractivity contribution in [3.05, 3.63) is 95.4 Å². The predicted octanol–water partition coefficient (Wildman–Crippen LogP) is 4.94. The van der Waals surface area contributed by atoms with Gasteiger partial charge in [-0.25, -0.2) is 0 Å². The minimum atomic E-state index is -0.831. The minimum absolute atomic E-state index is 0.0126. The van der Waals surface area contributed by atoms with Gasteiger partial charge >= 0.3 is 0 Å². The van der Waals surface area contributed by atoms with Crippen LogP contribution in [0.5, 0.6) is 5.75 Å². The average Bonchev–Trinajstić information content (AvgIpc) is 3.19. The lowest BCUT2D eigenvalue weighted by atomic mass is 10.1. The first-order valence-corrected chi connectivity index (χ1v) is 9.88. The summed E-state index contributed by atoms with van der Waals surface area (Å²) in [5, 5.41) is 11.4. The van der Waals surface area contributed by atoms with Gasteiger partial charge in [0, 0.05) is 21.3 Å². The van der Waals surface area contributed by atoms with Crippen LogP contribution in [0.4, 0.5) is 5.69 Å². The molecule has 0 saturated heterocycles. The first kappa shape index (κ1) is 18.7. The molecule has 0 aliphatic heterocycles. The molecule has 4 aromatic rings. The van der Waals surface area contributed by atoms with Gasteiger partial charge in [-0.1, -0.05) is 54.6 Å². The molecule has 1 unspecified atom stereocenters. The fourth-order valence-electron chi connectivity index (χ4n) is 3.03. The zero-order valence-corrected chi connectivity index (χ0v) is 16.3. The molecule has 4 N–H and O–H groups in total. The maximum Gasteiger partial charge on any atom is 0.270 e. The van der Waals surface area contributed by atoms with Crippen LogP contribution < -0.4 is 15.8 Å². The summed E-state index contributed by atoms with van der Waals surface area (Å²) < 4.78 is 7.17. The Labute approximate surface area is 172 Å². The quantitative estimate of drug-likeness (QED) is 0.316. The lowest BCUT2D eigenvalue weighted by Gasteiger charge is -2.20. The molecular formula is C23H19N3O2S. The number of nitrogens with two attached hydrogens (primary N) is 1. The van der Waals surface area contributed by atoms with Gasteiger partial charge in [0.05, 0.1) is 4.88 Å². The van der Waals surface area contributed by atoms with Gasteiger partial charge in [-0.3, -0.25) is 10.2 Å². The molecule has 4 rings (SSSR count). The van der Waals surface area contributed by atoms with Gasteiger partial charge in [0.1, 0.15) is 11.6 Å². The molecule has 5 nitrogen and oxygen atoms in total. The summed E-state index contributed by atoms with van der Waals surface area (Å²) in [4.78, 5) is 13.7. The molecule has 144 valence electrons. The van der Waals surface area contributed by atoms with Crippen LogP contribution in [-0.4, -0.2) is 11.7 Å². The third kappa shape index (κ3) is 4.12. The number of benzene rings is 3. The van der Waals surface area contributed by atoms with E-state index in [1.165, 1.54) is 11.3 Å². The number of fused-ring (bicyclic) bond motifs is 1. The second-order valence-electron chi connectivity index (χ2n) is 6.46. The van der Waals surface area contributed by atoms with Gasteiger partial charge < -0.3 is 15.8 Å². The standard InChI is InChI=1S/C23H19N3O2S/c24-22(25)20-14-17-18(12-7-13-19(17)29-20)28-21(15-8-3-1-4-9-15)23(27)26-16-10-5-2-6-11-16/h1-14,21H,(H3,24,25)(H,26,27). The van der Waals surface area contributed by atoms with Crippen molar-refractivity contribution in [2.24, 2.45) is 5.73 Å². The van der Waals surface area contributed by atoms with Crippen LogP contribution >= 0.6 is 11.3 Å². The van der Waals surface area contributed by atoms with Crippen molar-refractivity contribution in [2.75, 3.05) is 5.32 Å². The lowest BCUT2D eigenvalue weighted by molar-refractivity contribution is -0.123. The Hall–Kier alpha value is -3.64. The van der Waals surface area contributed by atoms with Gasteiger partial charge in [-0.05, 0) is 30.3 Å². The van der Waals surface area contributed by atoms with E-state index in [9.17, 15) is 4.79 Å². The molecular weight excluding hydrogens is 382 g/mol. The molecule has 0 bridgehead atoms. The van der Waals surface area contributed by atoms with Gasteiger partial charge in [-0.15, -0.1) is 11.3 Å². The van der Waals surface area contributed by atoms with Crippen molar-refractivity contribution >= 4 is 38.9 Å². The van der Waals surface area contributed by atoms with E-state index in [1.807, 2.05) is 84.9 Å². The number of nitrogen functional groups attached to an aromatic ring is 1. The highest BCUT2D eigenvalue weighted by atomic mass is 32.1. The van der Waals surface area contributed by atoms with Crippen LogP contribution in [-0.2, 0) is 4.79 Å². The number of amidine groups is 1. The second-order valence-corrected chi connectivity index (χ2v) is 7.54. The molecule has 0 fully saturated rings. The van der Waals surface area contributed by atoms with E-state index in [2.05, 4.69) is 5.32 Å². The van der Waals surface area contributed by atoms with Crippen LogP contribution in [0.25, 0.3) is 10.1 Å². The third-order valence-corrected chi connectivity index (χ3v) is 5.55. The summed E-state index contributed by atoms with van der Waals surface area (Å²) >= 11 is 1.42. The summed E-state index contributed by atoms with van der Waals surface area (Å²) in [6.07, 6.45) is -0.831. The fourth-order valence-corrected chi connectivity index (χ4v) is 3.97. The Bertz CT molecular complexity index is 1160. The lowest BCUT2D eigenvalue weighted by Crippen LogP contribution is -2.25. The zero-order valence-electron chi connectivity index (χ0n) is 15.5. The third-order valence-electron chi connectivity index (χ3n) is 4.41. The number of carbonyl (C=O) groups is 1. The molecule has 0 saturated carbocycles. The van der Waals surface area contributed by atoms with E-state index in [0.717, 1.165) is 15.6 Å². The van der Waals surface area contributed by atoms with Crippen molar-refractivity contribution < 1.29 is 9.53 Å². The largest absolute Gasteiger partial charge is 0.475 e. The topological polar surface area (TPSA) is 88.2 Å². The van der Waals surface area contributed by atoms with E-state index < -0.39 is 6.10 Å². The van der Waals surface area contributed by atoms with E-state index in [1.54, 1.807) is 0 Å². The van der Waals surface area contributed by atoms with Crippen LogP contribution in [0, 0.1) is 5.41 Å². The summed E-state index contributed by atoms with van der Waals surface area (Å²) in [6, 6.07) is 26.1. The molecule has 0 aliphatic carbocycles. The van der Waals surface area contributed by atoms with Crippen molar-refractivity contribution in [2.45, 2.75) is 6.10 Å². The van der Waals surface area contributed by atoms with Crippen LogP contribution in [0.3, 0.4) is 0 Å². The van der Waals surface area contributed by atoms with Crippen LogP contribution in [0.15, 0.2) is 84.9 Å². The number of ether oxygens (including phenoxy) is 1. The molecule has 1 heterocycles. The molecule has 29 heavy (non-hydrogen) atoms. The number of hydrogen-bond acceptors (Lipinski definition) is 4. The number of nitrogens with one attached hydrogen (secondary N) is 2. The molecule has 1 atom stereocenters. The molecule has 1 amide bonds. The van der Waals surface area contributed by atoms with Crippen LogP contribution in [0.1, 0.15) is 16.5 Å². The maximum absolute atomic E-state index is 13.1. The number of thiophene rings is 1. The summed E-state index contributed by atoms with van der Waals surface area (Å²) in [5.41, 5.74) is 7.10. The maximum atomic E-state index is 13.1. The first-order valence-electron chi connectivity index (χ1n) is 9.06. The number of amides is 1. The van der Waals surface area contributed by atoms with Gasteiger partial charge in [0.15, 0.2) is 0 Å². The highest BCUT2D eigenvalue weighted by molar-refractivity contribution is 7.20. The molecule has 6 heteroatoms. The minimum Gasteiger partial charge on any atom is -0.475 e. The van der Waals surface area contributed by atoms with E-state index in [-0.39, 0.29) is 11.7 Å². The Morgan fingerprint density at radius 1 is 0.966 bits per heavy atom. The fraction of sp³-hybridized carbons (Fsp3) is 0.0435. The Kier molecular flexibility index (Phi) is 5.27.